The Morgan fingerprint density at radius 2 is 1.75 bits per heavy atom. The minimum atomic E-state index is -0.685. The normalized spacial score (nSPS) is 21.9. The van der Waals surface area contributed by atoms with Crippen LogP contribution in [0.15, 0.2) is 64.8 Å². The largest absolute Gasteiger partial charge is 0.491 e. The average molecular weight is 508 g/mol. The van der Waals surface area contributed by atoms with Crippen LogP contribution in [0.25, 0.3) is 0 Å². The molecular weight excluding hydrogens is 474 g/mol. The summed E-state index contributed by atoms with van der Waals surface area (Å²) >= 11 is 6.08. The number of nitrogens with zero attached hydrogens (tertiary/aromatic N) is 1. The van der Waals surface area contributed by atoms with Crippen molar-refractivity contribution in [2.45, 2.75) is 65.4 Å². The predicted octanol–water partition coefficient (Wildman–Crippen LogP) is 6.90. The first kappa shape index (κ1) is 26.2. The van der Waals surface area contributed by atoms with Crippen LogP contribution in [0.2, 0.25) is 5.02 Å². The number of allylic oxidation sites excluding steroid dienone is 2. The number of esters is 1. The van der Waals surface area contributed by atoms with Gasteiger partial charge in [-0.25, -0.2) is 0 Å². The van der Waals surface area contributed by atoms with Gasteiger partial charge in [-0.15, -0.1) is 0 Å². The molecule has 2 aliphatic rings. The quantitative estimate of drug-likeness (QED) is 0.382. The van der Waals surface area contributed by atoms with E-state index in [1.807, 2.05) is 83.1 Å². The van der Waals surface area contributed by atoms with Gasteiger partial charge in [0.25, 0.3) is 0 Å². The molecule has 1 unspecified atom stereocenters. The van der Waals surface area contributed by atoms with Crippen LogP contribution >= 0.6 is 11.6 Å². The molecule has 6 heteroatoms. The van der Waals surface area contributed by atoms with E-state index in [9.17, 15) is 9.59 Å². The molecule has 4 rings (SSSR count). The van der Waals surface area contributed by atoms with E-state index in [1.54, 1.807) is 0 Å². The van der Waals surface area contributed by atoms with Crippen LogP contribution in [0.1, 0.15) is 70.4 Å². The summed E-state index contributed by atoms with van der Waals surface area (Å²) < 4.78 is 11.8. The molecule has 0 bridgehead atoms. The standard InChI is InChI=1S/C30H34ClNO4/c1-17(2)16-35-30(34)27-19(5)32-24-14-21(20-10-12-22(31)13-11-20)15-25(33)29(24)28(27)23-8-6-7-9-26(23)36-18(3)4/h6-13,17-18,21,27-28H,14-16H2,1-5H3/t21-,27?,28+/m0/s1. The highest BCUT2D eigenvalue weighted by atomic mass is 35.5. The van der Waals surface area contributed by atoms with Crippen molar-refractivity contribution < 1.29 is 19.1 Å². The molecule has 2 aromatic carbocycles. The zero-order valence-corrected chi connectivity index (χ0v) is 22.3. The van der Waals surface area contributed by atoms with E-state index in [2.05, 4.69) is 0 Å². The predicted molar refractivity (Wildman–Crippen MR) is 143 cm³/mol. The Balaban J connectivity index is 1.80. The third-order valence-electron chi connectivity index (χ3n) is 6.66. The third-order valence-corrected chi connectivity index (χ3v) is 6.91. The van der Waals surface area contributed by atoms with E-state index >= 15 is 0 Å². The van der Waals surface area contributed by atoms with E-state index < -0.39 is 11.8 Å². The lowest BCUT2D eigenvalue weighted by atomic mass is 9.69. The van der Waals surface area contributed by atoms with E-state index in [1.165, 1.54) is 0 Å². The van der Waals surface area contributed by atoms with Crippen LogP contribution in [-0.2, 0) is 14.3 Å². The van der Waals surface area contributed by atoms with Crippen molar-refractivity contribution >= 4 is 29.1 Å². The molecule has 0 spiro atoms. The van der Waals surface area contributed by atoms with Crippen LogP contribution in [0, 0.1) is 11.8 Å². The smallest absolute Gasteiger partial charge is 0.315 e. The number of ketones is 1. The lowest BCUT2D eigenvalue weighted by molar-refractivity contribution is -0.147. The van der Waals surface area contributed by atoms with Crippen LogP contribution in [0.4, 0.5) is 0 Å². The van der Waals surface area contributed by atoms with Gasteiger partial charge in [0, 0.05) is 39.9 Å². The number of carbonyl (C=O) groups excluding carboxylic acids is 2. The van der Waals surface area contributed by atoms with Crippen molar-refractivity contribution in [2.75, 3.05) is 6.61 Å². The zero-order valence-electron chi connectivity index (χ0n) is 21.6. The first-order chi connectivity index (χ1) is 17.2. The van der Waals surface area contributed by atoms with Gasteiger partial charge in [-0.1, -0.05) is 55.8 Å². The Morgan fingerprint density at radius 1 is 1.06 bits per heavy atom. The van der Waals surface area contributed by atoms with Crippen LogP contribution in [-0.4, -0.2) is 30.2 Å². The van der Waals surface area contributed by atoms with Crippen molar-refractivity contribution in [3.8, 4) is 5.75 Å². The number of carbonyl (C=O) groups is 2. The number of rotatable bonds is 7. The first-order valence-electron chi connectivity index (χ1n) is 12.6. The number of aliphatic imine (C=N–C) groups is 1. The fraction of sp³-hybridized carbons (Fsp3) is 0.433. The van der Waals surface area contributed by atoms with Gasteiger partial charge in [0.1, 0.15) is 11.7 Å². The van der Waals surface area contributed by atoms with E-state index in [0.29, 0.717) is 41.5 Å². The first-order valence-corrected chi connectivity index (χ1v) is 13.0. The van der Waals surface area contributed by atoms with Crippen molar-refractivity contribution in [2.24, 2.45) is 16.8 Å². The molecule has 36 heavy (non-hydrogen) atoms. The number of hydrogen-bond donors (Lipinski definition) is 0. The lowest BCUT2D eigenvalue weighted by Gasteiger charge is -2.37. The summed E-state index contributed by atoms with van der Waals surface area (Å²) in [4.78, 5) is 32.1. The highest BCUT2D eigenvalue weighted by Gasteiger charge is 2.45. The molecule has 0 N–H and O–H groups in total. The number of ether oxygens (including phenoxy) is 2. The third kappa shape index (κ3) is 5.57. The number of benzene rings is 2. The molecule has 1 aliphatic carbocycles. The topological polar surface area (TPSA) is 65.0 Å². The fourth-order valence-electron chi connectivity index (χ4n) is 5.11. The summed E-state index contributed by atoms with van der Waals surface area (Å²) in [6.45, 7) is 10.1. The number of halogens is 1. The molecule has 190 valence electrons. The zero-order chi connectivity index (χ0) is 26.0. The molecular formula is C30H34ClNO4. The molecule has 0 saturated heterocycles. The highest BCUT2D eigenvalue weighted by Crippen LogP contribution is 2.48. The van der Waals surface area contributed by atoms with Gasteiger partial charge < -0.3 is 9.47 Å². The molecule has 2 aromatic rings. The molecule has 0 amide bonds. The Bertz CT molecular complexity index is 1200. The summed E-state index contributed by atoms with van der Waals surface area (Å²) in [6, 6.07) is 15.3. The summed E-state index contributed by atoms with van der Waals surface area (Å²) in [6.07, 6.45) is 0.921. The van der Waals surface area contributed by atoms with Gasteiger partial charge in [0.2, 0.25) is 0 Å². The van der Waals surface area contributed by atoms with Crippen LogP contribution in [0.5, 0.6) is 5.75 Å². The lowest BCUT2D eigenvalue weighted by Crippen LogP contribution is -2.38. The second-order valence-electron chi connectivity index (χ2n) is 10.4. The number of hydrogen-bond acceptors (Lipinski definition) is 5. The minimum Gasteiger partial charge on any atom is -0.491 e. The molecule has 1 heterocycles. The number of Topliss-reactive ketones (excluding diaryl/α,β-unsaturated/α-hetero) is 1. The molecule has 0 radical (unpaired) electrons. The molecule has 0 aromatic heterocycles. The van der Waals surface area contributed by atoms with E-state index in [4.69, 9.17) is 26.1 Å². The average Bonchev–Trinajstić information content (AvgIpc) is 2.82. The Kier molecular flexibility index (Phi) is 7.99. The maximum atomic E-state index is 13.8. The maximum Gasteiger partial charge on any atom is 0.315 e. The Morgan fingerprint density at radius 3 is 2.42 bits per heavy atom. The van der Waals surface area contributed by atoms with Crippen molar-refractivity contribution in [3.05, 3.63) is 76.0 Å². The van der Waals surface area contributed by atoms with Crippen LogP contribution < -0.4 is 4.74 Å². The van der Waals surface area contributed by atoms with Gasteiger partial charge in [-0.3, -0.25) is 14.6 Å². The minimum absolute atomic E-state index is 0.0114. The molecule has 3 atom stereocenters. The van der Waals surface area contributed by atoms with Gasteiger partial charge >= 0.3 is 5.97 Å². The highest BCUT2D eigenvalue weighted by molar-refractivity contribution is 6.30. The Hall–Kier alpha value is -2.92. The summed E-state index contributed by atoms with van der Waals surface area (Å²) in [5.74, 6) is -0.644. The second-order valence-corrected chi connectivity index (χ2v) is 10.8. The Labute approximate surface area is 218 Å². The van der Waals surface area contributed by atoms with Crippen molar-refractivity contribution in [1.82, 2.24) is 0 Å². The van der Waals surface area contributed by atoms with Crippen molar-refractivity contribution in [3.63, 3.8) is 0 Å². The SMILES string of the molecule is CC1=NC2=C(C(=O)C[C@@H](c3ccc(Cl)cc3)C2)[C@H](c2ccccc2OC(C)C)C1C(=O)OCC(C)C. The van der Waals surface area contributed by atoms with E-state index in [0.717, 1.165) is 16.8 Å². The molecule has 1 aliphatic heterocycles. The second kappa shape index (κ2) is 11.0. The molecule has 0 saturated carbocycles. The van der Waals surface area contributed by atoms with Crippen molar-refractivity contribution in [1.29, 1.82) is 0 Å². The number of para-hydroxylation sites is 1. The monoisotopic (exact) mass is 507 g/mol. The summed E-state index contributed by atoms with van der Waals surface area (Å²) in [5.41, 5.74) is 3.90. The molecule has 5 nitrogen and oxygen atoms in total. The van der Waals surface area contributed by atoms with Gasteiger partial charge in [-0.2, -0.15) is 0 Å². The maximum absolute atomic E-state index is 13.8. The fourth-order valence-corrected chi connectivity index (χ4v) is 5.23. The summed E-state index contributed by atoms with van der Waals surface area (Å²) in [7, 11) is 0. The van der Waals surface area contributed by atoms with Crippen LogP contribution in [0.3, 0.4) is 0 Å². The van der Waals surface area contributed by atoms with Gasteiger partial charge in [-0.05, 0) is 62.8 Å². The molecule has 0 fully saturated rings. The summed E-state index contributed by atoms with van der Waals surface area (Å²) in [5, 5.41) is 0.664. The van der Waals surface area contributed by atoms with Gasteiger partial charge in [0.15, 0.2) is 5.78 Å². The van der Waals surface area contributed by atoms with E-state index in [-0.39, 0.29) is 29.7 Å². The van der Waals surface area contributed by atoms with Gasteiger partial charge in [0.05, 0.1) is 12.7 Å².